The van der Waals surface area contributed by atoms with Crippen molar-refractivity contribution in [3.05, 3.63) is 89.0 Å². The standard InChI is InChI=1S/C19H15ClN2O2/c20-19-21-10-9-16(22-19)12-18(23)15-7-4-8-17(11-15)24-13-14-5-2-1-3-6-14/h1-12,23H,13H2/b18-12-. The fourth-order valence-electron chi connectivity index (χ4n) is 2.14. The molecule has 24 heavy (non-hydrogen) atoms. The number of aliphatic hydroxyl groups excluding tert-OH is 1. The van der Waals surface area contributed by atoms with E-state index in [1.807, 2.05) is 42.5 Å². The third kappa shape index (κ3) is 4.33. The molecular weight excluding hydrogens is 324 g/mol. The number of halogens is 1. The Balaban J connectivity index is 1.74. The van der Waals surface area contributed by atoms with Gasteiger partial charge in [-0.25, -0.2) is 9.97 Å². The molecule has 0 unspecified atom stereocenters. The van der Waals surface area contributed by atoms with E-state index in [1.165, 1.54) is 12.3 Å². The van der Waals surface area contributed by atoms with E-state index >= 15 is 0 Å². The van der Waals surface area contributed by atoms with Crippen LogP contribution in [0.15, 0.2) is 66.9 Å². The summed E-state index contributed by atoms with van der Waals surface area (Å²) in [6.45, 7) is 0.469. The van der Waals surface area contributed by atoms with Crippen LogP contribution in [0.25, 0.3) is 11.8 Å². The van der Waals surface area contributed by atoms with Gasteiger partial charge in [0, 0.05) is 17.8 Å². The first-order valence-corrected chi connectivity index (χ1v) is 7.75. The molecule has 0 atom stereocenters. The van der Waals surface area contributed by atoms with Crippen LogP contribution in [-0.4, -0.2) is 15.1 Å². The molecule has 0 amide bonds. The molecule has 5 heteroatoms. The van der Waals surface area contributed by atoms with Crippen molar-refractivity contribution in [1.82, 2.24) is 9.97 Å². The van der Waals surface area contributed by atoms with Crippen LogP contribution in [0.5, 0.6) is 5.75 Å². The van der Waals surface area contributed by atoms with E-state index in [2.05, 4.69) is 9.97 Å². The maximum absolute atomic E-state index is 10.3. The monoisotopic (exact) mass is 338 g/mol. The normalized spacial score (nSPS) is 11.3. The molecule has 2 aromatic carbocycles. The minimum Gasteiger partial charge on any atom is -0.507 e. The van der Waals surface area contributed by atoms with Crippen molar-refractivity contribution in [3.8, 4) is 5.75 Å². The van der Waals surface area contributed by atoms with Gasteiger partial charge in [0.05, 0.1) is 5.69 Å². The molecule has 3 rings (SSSR count). The van der Waals surface area contributed by atoms with E-state index in [0.29, 0.717) is 23.6 Å². The second-order valence-electron chi connectivity index (χ2n) is 5.08. The Hall–Kier alpha value is -2.85. The molecule has 0 radical (unpaired) electrons. The fraction of sp³-hybridized carbons (Fsp3) is 0.0526. The van der Waals surface area contributed by atoms with Gasteiger partial charge >= 0.3 is 0 Å². The van der Waals surface area contributed by atoms with E-state index in [4.69, 9.17) is 16.3 Å². The zero-order valence-corrected chi connectivity index (χ0v) is 13.5. The number of aromatic nitrogens is 2. The topological polar surface area (TPSA) is 55.2 Å². The molecule has 1 aromatic heterocycles. The largest absolute Gasteiger partial charge is 0.507 e. The first kappa shape index (κ1) is 16.0. The van der Waals surface area contributed by atoms with E-state index < -0.39 is 0 Å². The predicted octanol–water partition coefficient (Wildman–Crippen LogP) is 4.77. The van der Waals surface area contributed by atoms with Gasteiger partial charge in [0.2, 0.25) is 5.28 Å². The molecule has 0 saturated carbocycles. The Morgan fingerprint density at radius 3 is 2.71 bits per heavy atom. The fourth-order valence-corrected chi connectivity index (χ4v) is 2.29. The van der Waals surface area contributed by atoms with Crippen molar-refractivity contribution in [1.29, 1.82) is 0 Å². The minimum atomic E-state index is 0.0786. The van der Waals surface area contributed by atoms with Crippen LogP contribution >= 0.6 is 11.6 Å². The number of hydrogen-bond donors (Lipinski definition) is 1. The van der Waals surface area contributed by atoms with Crippen molar-refractivity contribution in [3.63, 3.8) is 0 Å². The Morgan fingerprint density at radius 2 is 1.92 bits per heavy atom. The first-order valence-electron chi connectivity index (χ1n) is 7.37. The first-order chi connectivity index (χ1) is 11.7. The van der Waals surface area contributed by atoms with Crippen LogP contribution in [0.3, 0.4) is 0 Å². The summed E-state index contributed by atoms with van der Waals surface area (Å²) in [5.74, 6) is 0.756. The molecule has 0 fully saturated rings. The highest BCUT2D eigenvalue weighted by Gasteiger charge is 2.03. The number of aliphatic hydroxyl groups is 1. The molecule has 0 spiro atoms. The van der Waals surface area contributed by atoms with Gasteiger partial charge in [0.25, 0.3) is 0 Å². The van der Waals surface area contributed by atoms with Gasteiger partial charge in [0.1, 0.15) is 18.1 Å². The van der Waals surface area contributed by atoms with Gasteiger partial charge in [-0.15, -0.1) is 0 Å². The van der Waals surface area contributed by atoms with Crippen molar-refractivity contribution in [2.24, 2.45) is 0 Å². The van der Waals surface area contributed by atoms with Gasteiger partial charge in [0.15, 0.2) is 0 Å². The summed E-state index contributed by atoms with van der Waals surface area (Å²) in [5, 5.41) is 10.4. The average molecular weight is 339 g/mol. The second-order valence-corrected chi connectivity index (χ2v) is 5.42. The lowest BCUT2D eigenvalue weighted by Crippen LogP contribution is -1.95. The average Bonchev–Trinajstić information content (AvgIpc) is 2.61. The molecule has 0 saturated heterocycles. The highest BCUT2D eigenvalue weighted by Crippen LogP contribution is 2.21. The maximum Gasteiger partial charge on any atom is 0.222 e. The van der Waals surface area contributed by atoms with Gasteiger partial charge in [-0.05, 0) is 35.4 Å². The quantitative estimate of drug-likeness (QED) is 0.538. The number of ether oxygens (including phenoxy) is 1. The Labute approximate surface area is 145 Å². The summed E-state index contributed by atoms with van der Waals surface area (Å²) in [7, 11) is 0. The summed E-state index contributed by atoms with van der Waals surface area (Å²) in [6, 6.07) is 18.8. The highest BCUT2D eigenvalue weighted by atomic mass is 35.5. The van der Waals surface area contributed by atoms with Crippen LogP contribution in [0, 0.1) is 0 Å². The van der Waals surface area contributed by atoms with Crippen LogP contribution in [-0.2, 0) is 6.61 Å². The van der Waals surface area contributed by atoms with Crippen LogP contribution in [0.2, 0.25) is 5.28 Å². The Bertz CT molecular complexity index is 851. The lowest BCUT2D eigenvalue weighted by Gasteiger charge is -2.08. The third-order valence-electron chi connectivity index (χ3n) is 3.31. The summed E-state index contributed by atoms with van der Waals surface area (Å²) in [4.78, 5) is 7.83. The van der Waals surface area contributed by atoms with Gasteiger partial charge in [-0.3, -0.25) is 0 Å². The zero-order valence-electron chi connectivity index (χ0n) is 12.8. The molecule has 1 N–H and O–H groups in total. The molecular formula is C19H15ClN2O2. The molecule has 1 heterocycles. The van der Waals surface area contributed by atoms with E-state index in [0.717, 1.165) is 5.56 Å². The van der Waals surface area contributed by atoms with E-state index in [-0.39, 0.29) is 11.0 Å². The van der Waals surface area contributed by atoms with Gasteiger partial charge in [-0.2, -0.15) is 0 Å². The SMILES string of the molecule is O/C(=C\c1ccnc(Cl)n1)c1cccc(OCc2ccccc2)c1. The zero-order chi connectivity index (χ0) is 16.8. The lowest BCUT2D eigenvalue weighted by atomic mass is 10.1. The van der Waals surface area contributed by atoms with Crippen molar-refractivity contribution >= 4 is 23.4 Å². The minimum absolute atomic E-state index is 0.0786. The summed E-state index contributed by atoms with van der Waals surface area (Å²) < 4.78 is 5.77. The molecule has 0 bridgehead atoms. The van der Waals surface area contributed by atoms with Crippen molar-refractivity contribution in [2.45, 2.75) is 6.61 Å². The molecule has 0 aliphatic rings. The van der Waals surface area contributed by atoms with Crippen LogP contribution in [0.1, 0.15) is 16.8 Å². The lowest BCUT2D eigenvalue weighted by molar-refractivity contribution is 0.306. The highest BCUT2D eigenvalue weighted by molar-refractivity contribution is 6.28. The number of benzene rings is 2. The van der Waals surface area contributed by atoms with E-state index in [1.54, 1.807) is 18.2 Å². The summed E-state index contributed by atoms with van der Waals surface area (Å²) in [5.41, 5.74) is 2.25. The summed E-state index contributed by atoms with van der Waals surface area (Å²) in [6.07, 6.45) is 3.07. The van der Waals surface area contributed by atoms with Crippen molar-refractivity contribution in [2.75, 3.05) is 0 Å². The van der Waals surface area contributed by atoms with Crippen LogP contribution < -0.4 is 4.74 Å². The number of nitrogens with zero attached hydrogens (tertiary/aromatic N) is 2. The third-order valence-corrected chi connectivity index (χ3v) is 3.49. The molecule has 0 aliphatic carbocycles. The predicted molar refractivity (Wildman–Crippen MR) is 94.8 cm³/mol. The smallest absolute Gasteiger partial charge is 0.222 e. The Morgan fingerprint density at radius 1 is 1.08 bits per heavy atom. The van der Waals surface area contributed by atoms with Gasteiger partial charge < -0.3 is 9.84 Å². The molecule has 4 nitrogen and oxygen atoms in total. The second kappa shape index (κ2) is 7.62. The summed E-state index contributed by atoms with van der Waals surface area (Å²) >= 11 is 5.75. The molecule has 120 valence electrons. The van der Waals surface area contributed by atoms with Gasteiger partial charge in [-0.1, -0.05) is 42.5 Å². The maximum atomic E-state index is 10.3. The molecule has 0 aliphatic heterocycles. The van der Waals surface area contributed by atoms with E-state index in [9.17, 15) is 5.11 Å². The van der Waals surface area contributed by atoms with Crippen LogP contribution in [0.4, 0.5) is 0 Å². The number of hydrogen-bond acceptors (Lipinski definition) is 4. The Kier molecular flexibility index (Phi) is 5.08. The number of rotatable bonds is 5. The van der Waals surface area contributed by atoms with Crippen molar-refractivity contribution < 1.29 is 9.84 Å². The molecule has 3 aromatic rings.